The Morgan fingerprint density at radius 3 is 2.44 bits per heavy atom. The molecule has 39 heavy (non-hydrogen) atoms. The zero-order valence-electron chi connectivity index (χ0n) is 21.3. The number of nitrogens with one attached hydrogen (secondary N) is 1. The lowest BCUT2D eigenvalue weighted by Gasteiger charge is -2.38. The van der Waals surface area contributed by atoms with E-state index in [-0.39, 0.29) is 29.8 Å². The molecule has 0 aromatic heterocycles. The lowest BCUT2D eigenvalue weighted by Crippen LogP contribution is -2.54. The molecule has 1 fully saturated rings. The number of carbonyl (C=O) groups is 2. The van der Waals surface area contributed by atoms with Gasteiger partial charge in [0.15, 0.2) is 6.10 Å². The number of rotatable bonds is 7. The van der Waals surface area contributed by atoms with E-state index in [9.17, 15) is 18.0 Å². The van der Waals surface area contributed by atoms with Crippen molar-refractivity contribution in [3.05, 3.63) is 89.4 Å². The van der Waals surface area contributed by atoms with Crippen LogP contribution >= 0.6 is 11.6 Å². The number of fused-ring (bicyclic) bond motifs is 1. The van der Waals surface area contributed by atoms with Gasteiger partial charge in [-0.25, -0.2) is 8.42 Å². The molecular weight excluding hydrogens is 538 g/mol. The van der Waals surface area contributed by atoms with E-state index in [1.165, 1.54) is 28.6 Å². The zero-order chi connectivity index (χ0) is 27.4. The molecule has 0 spiro atoms. The number of anilines is 1. The van der Waals surface area contributed by atoms with Crippen LogP contribution in [-0.2, 0) is 26.0 Å². The summed E-state index contributed by atoms with van der Waals surface area (Å²) >= 11 is 5.93. The van der Waals surface area contributed by atoms with Crippen molar-refractivity contribution in [3.63, 3.8) is 0 Å². The van der Waals surface area contributed by atoms with Gasteiger partial charge in [0.2, 0.25) is 15.9 Å². The van der Waals surface area contributed by atoms with Gasteiger partial charge >= 0.3 is 0 Å². The molecule has 2 amide bonds. The largest absolute Gasteiger partial charge is 0.477 e. The average molecular weight is 568 g/mol. The van der Waals surface area contributed by atoms with Crippen molar-refractivity contribution in [3.8, 4) is 5.75 Å². The van der Waals surface area contributed by atoms with Gasteiger partial charge in [-0.15, -0.1) is 0 Å². The first kappa shape index (κ1) is 27.2. The molecule has 0 bridgehead atoms. The highest BCUT2D eigenvalue weighted by Gasteiger charge is 2.39. The fourth-order valence-electron chi connectivity index (χ4n) is 5.01. The normalized spacial score (nSPS) is 19.6. The standard InChI is InChI=1S/C29H30ClN3O5S/c30-23-12-14-24(15-13-23)39(36,37)32-18-6-9-22(19-32)29(35)33-20-27(38-26-11-5-4-10-25(26)33)28(34)31-17-16-21-7-2-1-3-8-21/h1-5,7-8,10-15,22,27H,6,9,16-20H2,(H,31,34)/t22-,27+/m1/s1. The van der Waals surface area contributed by atoms with E-state index >= 15 is 0 Å². The number of para-hydroxylation sites is 2. The third-order valence-electron chi connectivity index (χ3n) is 7.07. The van der Waals surface area contributed by atoms with Crippen LogP contribution in [0.4, 0.5) is 5.69 Å². The monoisotopic (exact) mass is 567 g/mol. The number of hydrogen-bond acceptors (Lipinski definition) is 5. The molecule has 1 N–H and O–H groups in total. The summed E-state index contributed by atoms with van der Waals surface area (Å²) in [6.45, 7) is 0.893. The topological polar surface area (TPSA) is 96.0 Å². The van der Waals surface area contributed by atoms with E-state index < -0.39 is 22.0 Å². The summed E-state index contributed by atoms with van der Waals surface area (Å²) in [5.41, 5.74) is 1.69. The number of nitrogens with zero attached hydrogens (tertiary/aromatic N) is 2. The van der Waals surface area contributed by atoms with Crippen molar-refractivity contribution in [2.75, 3.05) is 31.1 Å². The smallest absolute Gasteiger partial charge is 0.262 e. The zero-order valence-corrected chi connectivity index (χ0v) is 22.9. The number of sulfonamides is 1. The molecule has 0 saturated carbocycles. The molecule has 10 heteroatoms. The Morgan fingerprint density at radius 2 is 1.67 bits per heavy atom. The summed E-state index contributed by atoms with van der Waals surface area (Å²) in [6, 6.07) is 23.0. The van der Waals surface area contributed by atoms with Gasteiger partial charge in [0, 0.05) is 24.7 Å². The highest BCUT2D eigenvalue weighted by molar-refractivity contribution is 7.89. The third kappa shape index (κ3) is 6.11. The molecule has 0 unspecified atom stereocenters. The van der Waals surface area contributed by atoms with Crippen molar-refractivity contribution >= 4 is 39.1 Å². The summed E-state index contributed by atoms with van der Waals surface area (Å²) in [7, 11) is -3.78. The Hall–Kier alpha value is -3.40. The summed E-state index contributed by atoms with van der Waals surface area (Å²) < 4.78 is 33.9. The third-order valence-corrected chi connectivity index (χ3v) is 9.20. The molecule has 3 aromatic carbocycles. The van der Waals surface area contributed by atoms with E-state index in [0.717, 1.165) is 5.56 Å². The highest BCUT2D eigenvalue weighted by Crippen LogP contribution is 2.35. The fourth-order valence-corrected chi connectivity index (χ4v) is 6.66. The van der Waals surface area contributed by atoms with Crippen LogP contribution < -0.4 is 15.0 Å². The SMILES string of the molecule is O=C(NCCc1ccccc1)[C@@H]1CN(C(=O)[C@@H]2CCCN(S(=O)(=O)c3ccc(Cl)cc3)C2)c2ccccc2O1. The van der Waals surface area contributed by atoms with Crippen molar-refractivity contribution in [1.29, 1.82) is 0 Å². The average Bonchev–Trinajstić information content (AvgIpc) is 2.97. The Morgan fingerprint density at radius 1 is 0.949 bits per heavy atom. The Labute approximate surface area is 233 Å². The summed E-state index contributed by atoms with van der Waals surface area (Å²) in [6.07, 6.45) is 0.910. The van der Waals surface area contributed by atoms with Crippen molar-refractivity contribution in [1.82, 2.24) is 9.62 Å². The number of carbonyl (C=O) groups excluding carboxylic acids is 2. The predicted molar refractivity (Wildman–Crippen MR) is 149 cm³/mol. The molecule has 0 aliphatic carbocycles. The quantitative estimate of drug-likeness (QED) is 0.467. The number of halogens is 1. The second-order valence-electron chi connectivity index (χ2n) is 9.71. The minimum absolute atomic E-state index is 0.0491. The molecule has 1 saturated heterocycles. The first-order chi connectivity index (χ1) is 18.8. The molecule has 2 aliphatic rings. The second kappa shape index (κ2) is 11.8. The fraction of sp³-hybridized carbons (Fsp3) is 0.310. The van der Waals surface area contributed by atoms with Crippen LogP contribution in [0, 0.1) is 5.92 Å². The van der Waals surface area contributed by atoms with Crippen LogP contribution in [0.1, 0.15) is 18.4 Å². The lowest BCUT2D eigenvalue weighted by molar-refractivity contribution is -0.129. The Balaban J connectivity index is 1.29. The minimum atomic E-state index is -3.78. The van der Waals surface area contributed by atoms with E-state index in [1.807, 2.05) is 30.3 Å². The molecule has 2 heterocycles. The predicted octanol–water partition coefficient (Wildman–Crippen LogP) is 3.89. The number of hydrogen-bond donors (Lipinski definition) is 1. The van der Waals surface area contributed by atoms with Gasteiger partial charge in [0.05, 0.1) is 23.0 Å². The van der Waals surface area contributed by atoms with Gasteiger partial charge in [0.1, 0.15) is 5.75 Å². The van der Waals surface area contributed by atoms with E-state index in [2.05, 4.69) is 5.32 Å². The van der Waals surface area contributed by atoms with E-state index in [0.29, 0.717) is 48.8 Å². The molecule has 2 aliphatic heterocycles. The highest BCUT2D eigenvalue weighted by atomic mass is 35.5. The lowest BCUT2D eigenvalue weighted by atomic mass is 9.97. The van der Waals surface area contributed by atoms with Crippen molar-refractivity contribution < 1.29 is 22.7 Å². The van der Waals surface area contributed by atoms with Crippen LogP contribution in [0.5, 0.6) is 5.75 Å². The number of ether oxygens (including phenoxy) is 1. The molecule has 204 valence electrons. The van der Waals surface area contributed by atoms with Gasteiger partial charge in [0.25, 0.3) is 5.91 Å². The summed E-state index contributed by atoms with van der Waals surface area (Å²) in [4.78, 5) is 28.6. The maximum Gasteiger partial charge on any atom is 0.262 e. The maximum absolute atomic E-state index is 13.8. The molecular formula is C29H30ClN3O5S. The van der Waals surface area contributed by atoms with Crippen LogP contribution in [0.15, 0.2) is 83.8 Å². The van der Waals surface area contributed by atoms with Crippen LogP contribution in [-0.4, -0.2) is 56.8 Å². The van der Waals surface area contributed by atoms with E-state index in [1.54, 1.807) is 29.2 Å². The van der Waals surface area contributed by atoms with Crippen LogP contribution in [0.25, 0.3) is 0 Å². The molecule has 5 rings (SSSR count). The maximum atomic E-state index is 13.8. The second-order valence-corrected chi connectivity index (χ2v) is 12.1. The van der Waals surface area contributed by atoms with Gasteiger partial charge in [-0.05, 0) is 61.2 Å². The van der Waals surface area contributed by atoms with Crippen molar-refractivity contribution in [2.45, 2.75) is 30.3 Å². The van der Waals surface area contributed by atoms with Crippen LogP contribution in [0.3, 0.4) is 0 Å². The van der Waals surface area contributed by atoms with Crippen LogP contribution in [0.2, 0.25) is 5.02 Å². The van der Waals surface area contributed by atoms with Gasteiger partial charge in [-0.1, -0.05) is 54.1 Å². The molecule has 8 nitrogen and oxygen atoms in total. The van der Waals surface area contributed by atoms with Gasteiger partial charge in [-0.2, -0.15) is 4.31 Å². The van der Waals surface area contributed by atoms with Crippen molar-refractivity contribution in [2.24, 2.45) is 5.92 Å². The van der Waals surface area contributed by atoms with Gasteiger partial charge in [-0.3, -0.25) is 9.59 Å². The number of benzene rings is 3. The minimum Gasteiger partial charge on any atom is -0.477 e. The van der Waals surface area contributed by atoms with Gasteiger partial charge < -0.3 is 15.0 Å². The summed E-state index contributed by atoms with van der Waals surface area (Å²) in [5, 5.41) is 3.37. The number of amides is 2. The molecule has 0 radical (unpaired) electrons. The summed E-state index contributed by atoms with van der Waals surface area (Å²) in [5.74, 6) is -0.617. The number of piperidine rings is 1. The van der Waals surface area contributed by atoms with E-state index in [4.69, 9.17) is 16.3 Å². The molecule has 3 aromatic rings. The molecule has 2 atom stereocenters. The first-order valence-electron chi connectivity index (χ1n) is 13.0. The Kier molecular flexibility index (Phi) is 8.20. The first-order valence-corrected chi connectivity index (χ1v) is 14.8. The Bertz CT molecular complexity index is 1430.